The van der Waals surface area contributed by atoms with Crippen molar-refractivity contribution >= 4 is 0 Å². The highest BCUT2D eigenvalue weighted by Crippen LogP contribution is 2.29. The molecular weight excluding hydrogens is 225 g/mol. The van der Waals surface area contributed by atoms with Gasteiger partial charge in [0.15, 0.2) is 0 Å². The Morgan fingerprint density at radius 2 is 1.59 bits per heavy atom. The maximum atomic E-state index is 12.3. The molecule has 0 spiro atoms. The Bertz CT molecular complexity index is 425. The van der Waals surface area contributed by atoms with Crippen LogP contribution in [-0.4, -0.2) is 0 Å². The molecule has 3 heteroatoms. The molecule has 0 bridgehead atoms. The van der Waals surface area contributed by atoms with Gasteiger partial charge in [0.05, 0.1) is 5.56 Å². The molecule has 1 aromatic rings. The molecule has 0 aromatic heterocycles. The Morgan fingerprint density at radius 1 is 1.00 bits per heavy atom. The first kappa shape index (κ1) is 12.0. The molecule has 0 atom stereocenters. The third-order valence-electron chi connectivity index (χ3n) is 2.99. The van der Waals surface area contributed by atoms with Gasteiger partial charge in [0.1, 0.15) is 0 Å². The van der Waals surface area contributed by atoms with Crippen LogP contribution in [0.15, 0.2) is 24.3 Å². The number of alkyl halides is 3. The summed E-state index contributed by atoms with van der Waals surface area (Å²) in [4.78, 5) is 0. The van der Waals surface area contributed by atoms with E-state index in [1.54, 1.807) is 0 Å². The highest BCUT2D eigenvalue weighted by molar-refractivity contribution is 5.37. The molecule has 0 nitrogen and oxygen atoms in total. The summed E-state index contributed by atoms with van der Waals surface area (Å²) in [5.41, 5.74) is 0.0359. The molecule has 1 saturated carbocycles. The Morgan fingerprint density at radius 3 is 2.12 bits per heavy atom. The molecule has 1 aliphatic rings. The Hall–Kier alpha value is -1.43. The molecule has 17 heavy (non-hydrogen) atoms. The van der Waals surface area contributed by atoms with E-state index in [-0.39, 0.29) is 0 Å². The SMILES string of the molecule is FC(F)(F)c1ccc(C#CC2CCCC2)cc1. The molecule has 0 unspecified atom stereocenters. The van der Waals surface area contributed by atoms with Gasteiger partial charge in [-0.25, -0.2) is 0 Å². The van der Waals surface area contributed by atoms with Crippen molar-refractivity contribution in [3.8, 4) is 11.8 Å². The van der Waals surface area contributed by atoms with Crippen LogP contribution in [0.3, 0.4) is 0 Å². The van der Waals surface area contributed by atoms with Crippen LogP contribution < -0.4 is 0 Å². The van der Waals surface area contributed by atoms with E-state index in [4.69, 9.17) is 0 Å². The van der Waals surface area contributed by atoms with Crippen LogP contribution in [0, 0.1) is 17.8 Å². The average molecular weight is 238 g/mol. The quantitative estimate of drug-likeness (QED) is 0.593. The minimum atomic E-state index is -4.27. The fraction of sp³-hybridized carbons (Fsp3) is 0.429. The molecular formula is C14H13F3. The lowest BCUT2D eigenvalue weighted by Crippen LogP contribution is -2.04. The maximum absolute atomic E-state index is 12.3. The minimum Gasteiger partial charge on any atom is -0.166 e. The zero-order valence-corrected chi connectivity index (χ0v) is 9.35. The second-order valence-corrected chi connectivity index (χ2v) is 4.33. The van der Waals surface area contributed by atoms with Crippen molar-refractivity contribution in [1.29, 1.82) is 0 Å². The van der Waals surface area contributed by atoms with E-state index < -0.39 is 11.7 Å². The summed E-state index contributed by atoms with van der Waals surface area (Å²) in [5, 5.41) is 0. The molecule has 0 aliphatic heterocycles. The molecule has 0 saturated heterocycles. The van der Waals surface area contributed by atoms with Crippen LogP contribution in [0.2, 0.25) is 0 Å². The van der Waals surface area contributed by atoms with Crippen LogP contribution in [0.25, 0.3) is 0 Å². The van der Waals surface area contributed by atoms with Gasteiger partial charge in [-0.05, 0) is 37.1 Å². The second kappa shape index (κ2) is 4.83. The number of rotatable bonds is 0. The van der Waals surface area contributed by atoms with Gasteiger partial charge in [0.2, 0.25) is 0 Å². The number of hydrogen-bond donors (Lipinski definition) is 0. The zero-order chi connectivity index (χ0) is 12.3. The maximum Gasteiger partial charge on any atom is 0.416 e. The number of hydrogen-bond acceptors (Lipinski definition) is 0. The summed E-state index contributed by atoms with van der Waals surface area (Å²) in [6.07, 6.45) is 0.400. The van der Waals surface area contributed by atoms with Gasteiger partial charge >= 0.3 is 6.18 Å². The average Bonchev–Trinajstić information content (AvgIpc) is 2.78. The van der Waals surface area contributed by atoms with E-state index in [0.29, 0.717) is 11.5 Å². The van der Waals surface area contributed by atoms with Crippen LogP contribution >= 0.6 is 0 Å². The lowest BCUT2D eigenvalue weighted by atomic mass is 10.1. The van der Waals surface area contributed by atoms with Crippen LogP contribution in [-0.2, 0) is 6.18 Å². The van der Waals surface area contributed by atoms with E-state index in [2.05, 4.69) is 11.8 Å². The third kappa shape index (κ3) is 3.26. The first-order valence-corrected chi connectivity index (χ1v) is 5.74. The zero-order valence-electron chi connectivity index (χ0n) is 9.35. The summed E-state index contributed by atoms with van der Waals surface area (Å²) in [6, 6.07) is 5.03. The molecule has 0 amide bonds. The van der Waals surface area contributed by atoms with Crippen LogP contribution in [0.1, 0.15) is 36.8 Å². The fourth-order valence-corrected chi connectivity index (χ4v) is 2.00. The van der Waals surface area contributed by atoms with Gasteiger partial charge in [-0.15, -0.1) is 0 Å². The predicted octanol–water partition coefficient (Wildman–Crippen LogP) is 4.25. The first-order chi connectivity index (χ1) is 8.05. The summed E-state index contributed by atoms with van der Waals surface area (Å²) < 4.78 is 36.9. The molecule has 0 radical (unpaired) electrons. The molecule has 1 aromatic carbocycles. The highest BCUT2D eigenvalue weighted by atomic mass is 19.4. The molecule has 0 N–H and O–H groups in total. The van der Waals surface area contributed by atoms with Gasteiger partial charge in [-0.2, -0.15) is 13.2 Å². The molecule has 1 fully saturated rings. The van der Waals surface area contributed by atoms with Gasteiger partial charge < -0.3 is 0 Å². The van der Waals surface area contributed by atoms with Crippen molar-refractivity contribution < 1.29 is 13.2 Å². The minimum absolute atomic E-state index is 0.428. The van der Waals surface area contributed by atoms with Gasteiger partial charge in [-0.1, -0.05) is 24.7 Å². The topological polar surface area (TPSA) is 0 Å². The van der Waals surface area contributed by atoms with Crippen molar-refractivity contribution in [1.82, 2.24) is 0 Å². The van der Waals surface area contributed by atoms with Crippen molar-refractivity contribution in [2.24, 2.45) is 5.92 Å². The molecule has 90 valence electrons. The Balaban J connectivity index is 2.07. The van der Waals surface area contributed by atoms with Crippen molar-refractivity contribution in [2.45, 2.75) is 31.9 Å². The van der Waals surface area contributed by atoms with E-state index in [1.165, 1.54) is 25.0 Å². The molecule has 2 rings (SSSR count). The Kier molecular flexibility index (Phi) is 3.42. The number of benzene rings is 1. The monoisotopic (exact) mass is 238 g/mol. The van der Waals surface area contributed by atoms with E-state index in [0.717, 1.165) is 25.0 Å². The van der Waals surface area contributed by atoms with E-state index in [9.17, 15) is 13.2 Å². The second-order valence-electron chi connectivity index (χ2n) is 4.33. The summed E-state index contributed by atoms with van der Waals surface area (Å²) in [6.45, 7) is 0. The molecule has 1 aliphatic carbocycles. The van der Waals surface area contributed by atoms with E-state index in [1.807, 2.05) is 0 Å². The number of halogens is 3. The predicted molar refractivity (Wildman–Crippen MR) is 60.3 cm³/mol. The van der Waals surface area contributed by atoms with Crippen LogP contribution in [0.5, 0.6) is 0 Å². The summed E-state index contributed by atoms with van der Waals surface area (Å²) in [5.74, 6) is 6.50. The Labute approximate surface area is 98.8 Å². The van der Waals surface area contributed by atoms with Gasteiger partial charge in [0.25, 0.3) is 0 Å². The smallest absolute Gasteiger partial charge is 0.166 e. The molecule has 0 heterocycles. The van der Waals surface area contributed by atoms with Crippen molar-refractivity contribution in [2.75, 3.05) is 0 Å². The largest absolute Gasteiger partial charge is 0.416 e. The lowest BCUT2D eigenvalue weighted by molar-refractivity contribution is -0.137. The summed E-state index contributed by atoms with van der Waals surface area (Å²) in [7, 11) is 0. The van der Waals surface area contributed by atoms with Gasteiger partial charge in [0, 0.05) is 11.5 Å². The highest BCUT2D eigenvalue weighted by Gasteiger charge is 2.29. The lowest BCUT2D eigenvalue weighted by Gasteiger charge is -2.05. The van der Waals surface area contributed by atoms with E-state index >= 15 is 0 Å². The third-order valence-corrected chi connectivity index (χ3v) is 2.99. The van der Waals surface area contributed by atoms with Crippen molar-refractivity contribution in [3.05, 3.63) is 35.4 Å². The van der Waals surface area contributed by atoms with Crippen molar-refractivity contribution in [3.63, 3.8) is 0 Å². The first-order valence-electron chi connectivity index (χ1n) is 5.74. The summed E-state index contributed by atoms with van der Waals surface area (Å²) >= 11 is 0. The fourth-order valence-electron chi connectivity index (χ4n) is 2.00. The normalized spacial score (nSPS) is 16.6. The van der Waals surface area contributed by atoms with Crippen LogP contribution in [0.4, 0.5) is 13.2 Å². The standard InChI is InChI=1S/C14H13F3/c15-14(16,17)13-9-7-12(8-10-13)6-5-11-3-1-2-4-11/h7-11H,1-4H2. The van der Waals surface area contributed by atoms with Gasteiger partial charge in [-0.3, -0.25) is 0 Å².